The maximum absolute atomic E-state index is 10.8. The molecule has 0 amide bonds. The van der Waals surface area contributed by atoms with Crippen LogP contribution in [0.25, 0.3) is 10.2 Å². The minimum Gasteiger partial charge on any atom is -0.481 e. The van der Waals surface area contributed by atoms with Crippen LogP contribution >= 0.6 is 11.3 Å². The van der Waals surface area contributed by atoms with Gasteiger partial charge in [-0.2, -0.15) is 0 Å². The maximum atomic E-state index is 10.8. The first kappa shape index (κ1) is 9.78. The van der Waals surface area contributed by atoms with Crippen molar-refractivity contribution >= 4 is 27.5 Å². The van der Waals surface area contributed by atoms with Gasteiger partial charge in [-0.3, -0.25) is 4.79 Å². The summed E-state index contributed by atoms with van der Waals surface area (Å²) in [6, 6.07) is 6.12. The number of hydrogen-bond donors (Lipinski definition) is 1. The molecule has 1 aromatic carbocycles. The number of carboxylic acids is 1. The van der Waals surface area contributed by atoms with Crippen molar-refractivity contribution in [1.82, 2.24) is 4.98 Å². The van der Waals surface area contributed by atoms with E-state index in [4.69, 9.17) is 5.11 Å². The third kappa shape index (κ3) is 1.50. The van der Waals surface area contributed by atoms with Crippen molar-refractivity contribution in [3.63, 3.8) is 0 Å². The zero-order valence-corrected chi connectivity index (χ0v) is 9.46. The highest BCUT2D eigenvalue weighted by molar-refractivity contribution is 7.16. The number of benzene rings is 1. The monoisotopic (exact) mass is 233 g/mol. The molecule has 1 N–H and O–H groups in total. The topological polar surface area (TPSA) is 50.2 Å². The SMILES string of the molecule is O=C(O)CC1(c2ccc3ncsc3c2)CC1. The Morgan fingerprint density at radius 2 is 2.31 bits per heavy atom. The Morgan fingerprint density at radius 1 is 1.50 bits per heavy atom. The molecule has 1 aromatic heterocycles. The zero-order chi connectivity index (χ0) is 11.2. The van der Waals surface area contributed by atoms with Crippen LogP contribution in [0.15, 0.2) is 23.7 Å². The second-order valence-electron chi connectivity index (χ2n) is 4.39. The van der Waals surface area contributed by atoms with Gasteiger partial charge in [-0.15, -0.1) is 11.3 Å². The Balaban J connectivity index is 2.02. The van der Waals surface area contributed by atoms with Crippen LogP contribution in [-0.2, 0) is 10.2 Å². The highest BCUT2D eigenvalue weighted by atomic mass is 32.1. The molecule has 2 aromatic rings. The van der Waals surface area contributed by atoms with Crippen molar-refractivity contribution in [2.75, 3.05) is 0 Å². The van der Waals surface area contributed by atoms with E-state index in [0.717, 1.165) is 28.6 Å². The molecule has 16 heavy (non-hydrogen) atoms. The molecule has 1 saturated carbocycles. The Bertz CT molecular complexity index is 557. The summed E-state index contributed by atoms with van der Waals surface area (Å²) >= 11 is 1.61. The molecule has 0 unspecified atom stereocenters. The molecule has 0 aliphatic heterocycles. The van der Waals surface area contributed by atoms with Crippen LogP contribution in [0.3, 0.4) is 0 Å². The summed E-state index contributed by atoms with van der Waals surface area (Å²) < 4.78 is 1.15. The van der Waals surface area contributed by atoms with Gasteiger partial charge in [-0.25, -0.2) is 4.98 Å². The molecule has 1 heterocycles. The Hall–Kier alpha value is -1.42. The first-order valence-corrected chi connectivity index (χ1v) is 6.13. The van der Waals surface area contributed by atoms with Gasteiger partial charge in [0.05, 0.1) is 22.1 Å². The quantitative estimate of drug-likeness (QED) is 0.886. The number of thiazole rings is 1. The van der Waals surface area contributed by atoms with Crippen LogP contribution < -0.4 is 0 Å². The summed E-state index contributed by atoms with van der Waals surface area (Å²) in [5.74, 6) is -0.707. The highest BCUT2D eigenvalue weighted by Gasteiger charge is 2.45. The van der Waals surface area contributed by atoms with E-state index >= 15 is 0 Å². The van der Waals surface area contributed by atoms with Gasteiger partial charge in [-0.1, -0.05) is 6.07 Å². The summed E-state index contributed by atoms with van der Waals surface area (Å²) in [7, 11) is 0. The molecule has 0 atom stereocenters. The van der Waals surface area contributed by atoms with Gasteiger partial charge in [0.2, 0.25) is 0 Å². The van der Waals surface area contributed by atoms with E-state index in [9.17, 15) is 4.79 Å². The highest BCUT2D eigenvalue weighted by Crippen LogP contribution is 2.51. The summed E-state index contributed by atoms with van der Waals surface area (Å²) in [6.45, 7) is 0. The van der Waals surface area contributed by atoms with Gasteiger partial charge in [0.15, 0.2) is 0 Å². The lowest BCUT2D eigenvalue weighted by molar-refractivity contribution is -0.137. The first-order valence-electron chi connectivity index (χ1n) is 5.25. The van der Waals surface area contributed by atoms with Crippen LogP contribution in [0.4, 0.5) is 0 Å². The fourth-order valence-electron chi connectivity index (χ4n) is 2.19. The van der Waals surface area contributed by atoms with Gasteiger partial charge >= 0.3 is 5.97 Å². The van der Waals surface area contributed by atoms with Crippen LogP contribution in [0.2, 0.25) is 0 Å². The fraction of sp³-hybridized carbons (Fsp3) is 0.333. The lowest BCUT2D eigenvalue weighted by atomic mass is 9.92. The second kappa shape index (κ2) is 3.28. The number of carbonyl (C=O) groups is 1. The van der Waals surface area contributed by atoms with Crippen molar-refractivity contribution in [2.45, 2.75) is 24.7 Å². The maximum Gasteiger partial charge on any atom is 0.304 e. The number of nitrogens with zero attached hydrogens (tertiary/aromatic N) is 1. The molecular formula is C12H11NO2S. The van der Waals surface area contributed by atoms with Crippen molar-refractivity contribution in [3.05, 3.63) is 29.3 Å². The number of aliphatic carboxylic acids is 1. The predicted octanol–water partition coefficient (Wildman–Crippen LogP) is 2.80. The number of aromatic nitrogens is 1. The summed E-state index contributed by atoms with van der Waals surface area (Å²) in [4.78, 5) is 15.1. The number of rotatable bonds is 3. The Morgan fingerprint density at radius 3 is 3.00 bits per heavy atom. The molecule has 1 fully saturated rings. The molecule has 3 nitrogen and oxygen atoms in total. The predicted molar refractivity (Wildman–Crippen MR) is 62.8 cm³/mol. The van der Waals surface area contributed by atoms with Crippen molar-refractivity contribution < 1.29 is 9.90 Å². The van der Waals surface area contributed by atoms with Crippen LogP contribution in [0, 0.1) is 0 Å². The van der Waals surface area contributed by atoms with Crippen molar-refractivity contribution in [2.24, 2.45) is 0 Å². The number of fused-ring (bicyclic) bond motifs is 1. The van der Waals surface area contributed by atoms with Crippen LogP contribution in [0.1, 0.15) is 24.8 Å². The van der Waals surface area contributed by atoms with Gasteiger partial charge < -0.3 is 5.11 Å². The molecule has 82 valence electrons. The third-order valence-corrected chi connectivity index (χ3v) is 4.08. The average molecular weight is 233 g/mol. The van der Waals surface area contributed by atoms with E-state index in [1.807, 2.05) is 17.6 Å². The molecule has 3 rings (SSSR count). The van der Waals surface area contributed by atoms with E-state index in [2.05, 4.69) is 11.1 Å². The van der Waals surface area contributed by atoms with E-state index in [0.29, 0.717) is 0 Å². The van der Waals surface area contributed by atoms with Gasteiger partial charge in [-0.05, 0) is 30.5 Å². The fourth-order valence-corrected chi connectivity index (χ4v) is 2.91. The molecule has 0 spiro atoms. The molecule has 1 aliphatic carbocycles. The van der Waals surface area contributed by atoms with Crippen molar-refractivity contribution in [1.29, 1.82) is 0 Å². The van der Waals surface area contributed by atoms with E-state index in [1.54, 1.807) is 11.3 Å². The van der Waals surface area contributed by atoms with E-state index < -0.39 is 5.97 Å². The zero-order valence-electron chi connectivity index (χ0n) is 8.64. The summed E-state index contributed by atoms with van der Waals surface area (Å²) in [5.41, 5.74) is 3.89. The normalized spacial score (nSPS) is 17.5. The Kier molecular flexibility index (Phi) is 2.01. The largest absolute Gasteiger partial charge is 0.481 e. The first-order chi connectivity index (χ1) is 7.70. The Labute approximate surface area is 96.7 Å². The molecule has 0 bridgehead atoms. The third-order valence-electron chi connectivity index (χ3n) is 3.29. The number of hydrogen-bond acceptors (Lipinski definition) is 3. The molecule has 0 radical (unpaired) electrons. The molecular weight excluding hydrogens is 222 g/mol. The minimum absolute atomic E-state index is 0.0932. The summed E-state index contributed by atoms with van der Waals surface area (Å²) in [6.07, 6.45) is 2.23. The van der Waals surface area contributed by atoms with Gasteiger partial charge in [0.1, 0.15) is 0 Å². The van der Waals surface area contributed by atoms with E-state index in [1.165, 1.54) is 0 Å². The molecule has 1 aliphatic rings. The summed E-state index contributed by atoms with van der Waals surface area (Å²) in [5, 5.41) is 8.91. The second-order valence-corrected chi connectivity index (χ2v) is 5.27. The molecule has 0 saturated heterocycles. The van der Waals surface area contributed by atoms with Crippen molar-refractivity contribution in [3.8, 4) is 0 Å². The molecule has 4 heteroatoms. The van der Waals surface area contributed by atoms with E-state index in [-0.39, 0.29) is 11.8 Å². The standard InChI is InChI=1S/C12H11NO2S/c14-11(15)6-12(3-4-12)8-1-2-9-10(5-8)16-7-13-9/h1-2,5,7H,3-4,6H2,(H,14,15). The number of carboxylic acid groups (broad SMARTS) is 1. The van der Waals surface area contributed by atoms with Gasteiger partial charge in [0, 0.05) is 5.41 Å². The smallest absolute Gasteiger partial charge is 0.304 e. The van der Waals surface area contributed by atoms with Crippen LogP contribution in [0.5, 0.6) is 0 Å². The van der Waals surface area contributed by atoms with Gasteiger partial charge in [0.25, 0.3) is 0 Å². The lowest BCUT2D eigenvalue weighted by Crippen LogP contribution is -2.12. The lowest BCUT2D eigenvalue weighted by Gasteiger charge is -2.12. The average Bonchev–Trinajstić information content (AvgIpc) is 2.87. The van der Waals surface area contributed by atoms with Crippen LogP contribution in [-0.4, -0.2) is 16.1 Å². The minimum atomic E-state index is -0.707.